The Morgan fingerprint density at radius 2 is 2.14 bits per heavy atom. The van der Waals surface area contributed by atoms with Gasteiger partial charge in [-0.25, -0.2) is 4.79 Å². The Morgan fingerprint density at radius 3 is 2.76 bits per heavy atom. The lowest BCUT2D eigenvalue weighted by atomic mass is 9.87. The predicted molar refractivity (Wildman–Crippen MR) is 81.4 cm³/mol. The van der Waals surface area contributed by atoms with Gasteiger partial charge in [-0.1, -0.05) is 19.8 Å². The van der Waals surface area contributed by atoms with Crippen molar-refractivity contribution in [3.8, 4) is 0 Å². The Balaban J connectivity index is 1.93. The van der Waals surface area contributed by atoms with Crippen LogP contribution in [0.4, 0.5) is 16.2 Å². The van der Waals surface area contributed by atoms with E-state index in [0.29, 0.717) is 17.2 Å². The summed E-state index contributed by atoms with van der Waals surface area (Å²) in [6, 6.07) is 4.54. The first-order chi connectivity index (χ1) is 9.95. The van der Waals surface area contributed by atoms with Crippen molar-refractivity contribution in [3.05, 3.63) is 33.9 Å². The molecule has 6 heteroatoms. The summed E-state index contributed by atoms with van der Waals surface area (Å²) in [5.74, 6) is 0.644. The van der Waals surface area contributed by atoms with Crippen molar-refractivity contribution in [2.45, 2.75) is 45.6 Å². The first kappa shape index (κ1) is 15.3. The van der Waals surface area contributed by atoms with E-state index >= 15 is 0 Å². The zero-order valence-electron chi connectivity index (χ0n) is 12.4. The number of aryl methyl sites for hydroxylation is 1. The minimum atomic E-state index is -0.428. The summed E-state index contributed by atoms with van der Waals surface area (Å²) >= 11 is 0. The number of nitrogens with zero attached hydrogens (tertiary/aromatic N) is 1. The van der Waals surface area contributed by atoms with Gasteiger partial charge in [0.25, 0.3) is 5.69 Å². The van der Waals surface area contributed by atoms with Crippen LogP contribution in [-0.4, -0.2) is 17.0 Å². The van der Waals surface area contributed by atoms with Crippen LogP contribution in [-0.2, 0) is 0 Å². The third-order valence-electron chi connectivity index (χ3n) is 3.92. The molecule has 0 spiro atoms. The molecule has 21 heavy (non-hydrogen) atoms. The fraction of sp³-hybridized carbons (Fsp3) is 0.533. The molecule has 0 radical (unpaired) electrons. The third kappa shape index (κ3) is 4.18. The molecule has 114 valence electrons. The number of nitro groups is 1. The fourth-order valence-corrected chi connectivity index (χ4v) is 2.86. The molecule has 0 bridgehead atoms. The highest BCUT2D eigenvalue weighted by molar-refractivity contribution is 5.89. The topological polar surface area (TPSA) is 84.3 Å². The van der Waals surface area contributed by atoms with Crippen molar-refractivity contribution in [1.29, 1.82) is 0 Å². The molecule has 1 aromatic carbocycles. The Hall–Kier alpha value is -2.11. The number of urea groups is 1. The second kappa shape index (κ2) is 6.56. The third-order valence-corrected chi connectivity index (χ3v) is 3.92. The maximum Gasteiger partial charge on any atom is 0.319 e. The van der Waals surface area contributed by atoms with Crippen molar-refractivity contribution in [1.82, 2.24) is 5.32 Å². The molecular formula is C15H21N3O3. The molecule has 0 aliphatic heterocycles. The lowest BCUT2D eigenvalue weighted by molar-refractivity contribution is -0.385. The maximum absolute atomic E-state index is 12.0. The van der Waals surface area contributed by atoms with Crippen molar-refractivity contribution in [2.24, 2.45) is 5.92 Å². The van der Waals surface area contributed by atoms with E-state index in [9.17, 15) is 14.9 Å². The summed E-state index contributed by atoms with van der Waals surface area (Å²) in [6.45, 7) is 3.86. The number of anilines is 1. The van der Waals surface area contributed by atoms with Crippen molar-refractivity contribution in [3.63, 3.8) is 0 Å². The molecule has 2 N–H and O–H groups in total. The second-order valence-electron chi connectivity index (χ2n) is 5.83. The van der Waals surface area contributed by atoms with E-state index in [1.54, 1.807) is 19.1 Å². The van der Waals surface area contributed by atoms with Gasteiger partial charge in [-0.2, -0.15) is 0 Å². The van der Waals surface area contributed by atoms with Gasteiger partial charge in [-0.3, -0.25) is 10.1 Å². The van der Waals surface area contributed by atoms with Crippen LogP contribution in [0.1, 0.15) is 38.2 Å². The zero-order chi connectivity index (χ0) is 15.4. The molecule has 0 heterocycles. The van der Waals surface area contributed by atoms with Crippen molar-refractivity contribution < 1.29 is 9.72 Å². The van der Waals surface area contributed by atoms with Crippen LogP contribution in [0, 0.1) is 23.0 Å². The summed E-state index contributed by atoms with van der Waals surface area (Å²) < 4.78 is 0. The van der Waals surface area contributed by atoms with E-state index in [2.05, 4.69) is 17.6 Å². The fourth-order valence-electron chi connectivity index (χ4n) is 2.86. The average Bonchev–Trinajstić information content (AvgIpc) is 2.38. The molecule has 2 atom stereocenters. The van der Waals surface area contributed by atoms with Gasteiger partial charge in [-0.15, -0.1) is 0 Å². The lowest BCUT2D eigenvalue weighted by Gasteiger charge is -2.27. The first-order valence-corrected chi connectivity index (χ1v) is 7.28. The minimum absolute atomic E-state index is 0.0575. The van der Waals surface area contributed by atoms with Gasteiger partial charge in [-0.05, 0) is 37.8 Å². The highest BCUT2D eigenvalue weighted by Crippen LogP contribution is 2.24. The zero-order valence-corrected chi connectivity index (χ0v) is 12.4. The smallest absolute Gasteiger partial charge is 0.319 e. The van der Waals surface area contributed by atoms with Crippen LogP contribution in [0.25, 0.3) is 0 Å². The van der Waals surface area contributed by atoms with Crippen LogP contribution < -0.4 is 10.6 Å². The van der Waals surface area contributed by atoms with Crippen LogP contribution in [0.2, 0.25) is 0 Å². The number of carbonyl (C=O) groups is 1. The summed E-state index contributed by atoms with van der Waals surface area (Å²) in [6.07, 6.45) is 4.38. The van der Waals surface area contributed by atoms with Gasteiger partial charge >= 0.3 is 6.03 Å². The molecule has 0 aromatic heterocycles. The van der Waals surface area contributed by atoms with E-state index < -0.39 is 4.92 Å². The van der Waals surface area contributed by atoms with E-state index in [1.165, 1.54) is 12.5 Å². The highest BCUT2D eigenvalue weighted by Gasteiger charge is 2.20. The Labute approximate surface area is 124 Å². The Kier molecular flexibility index (Phi) is 4.77. The summed E-state index contributed by atoms with van der Waals surface area (Å²) in [4.78, 5) is 22.3. The van der Waals surface area contributed by atoms with Gasteiger partial charge < -0.3 is 10.6 Å². The maximum atomic E-state index is 12.0. The number of amides is 2. The minimum Gasteiger partial charge on any atom is -0.335 e. The monoisotopic (exact) mass is 291 g/mol. The molecule has 2 unspecified atom stereocenters. The van der Waals surface area contributed by atoms with Crippen molar-refractivity contribution in [2.75, 3.05) is 5.32 Å². The van der Waals surface area contributed by atoms with E-state index in [4.69, 9.17) is 0 Å². The largest absolute Gasteiger partial charge is 0.335 e. The first-order valence-electron chi connectivity index (χ1n) is 7.28. The van der Waals surface area contributed by atoms with Crippen LogP contribution >= 0.6 is 0 Å². The van der Waals surface area contributed by atoms with E-state index in [0.717, 1.165) is 19.3 Å². The van der Waals surface area contributed by atoms with E-state index in [-0.39, 0.29) is 17.8 Å². The van der Waals surface area contributed by atoms with E-state index in [1.807, 2.05) is 0 Å². The number of benzene rings is 1. The quantitative estimate of drug-likeness (QED) is 0.659. The molecule has 1 aromatic rings. The van der Waals surface area contributed by atoms with Gasteiger partial charge in [0.2, 0.25) is 0 Å². The van der Waals surface area contributed by atoms with Crippen LogP contribution in [0.15, 0.2) is 18.2 Å². The standard InChI is InChI=1S/C15H21N3O3/c1-10-4-3-5-12(8-10)16-15(19)17-13-6-7-14(18(20)21)11(2)9-13/h6-7,9-10,12H,3-5,8H2,1-2H3,(H2,16,17,19). The van der Waals surface area contributed by atoms with Crippen LogP contribution in [0.3, 0.4) is 0 Å². The molecule has 6 nitrogen and oxygen atoms in total. The predicted octanol–water partition coefficient (Wildman–Crippen LogP) is 3.60. The van der Waals surface area contributed by atoms with Gasteiger partial charge in [0.15, 0.2) is 0 Å². The Bertz CT molecular complexity index is 545. The Morgan fingerprint density at radius 1 is 1.38 bits per heavy atom. The van der Waals surface area contributed by atoms with Gasteiger partial charge in [0.05, 0.1) is 4.92 Å². The van der Waals surface area contributed by atoms with Gasteiger partial charge in [0.1, 0.15) is 0 Å². The number of hydrogen-bond donors (Lipinski definition) is 2. The number of carbonyl (C=O) groups excluding carboxylic acids is 1. The normalized spacial score (nSPS) is 21.6. The summed E-state index contributed by atoms with van der Waals surface area (Å²) in [5.41, 5.74) is 1.16. The molecule has 2 amide bonds. The number of nitro benzene ring substituents is 1. The van der Waals surface area contributed by atoms with Gasteiger partial charge in [0, 0.05) is 23.4 Å². The summed E-state index contributed by atoms with van der Waals surface area (Å²) in [7, 11) is 0. The molecule has 1 aliphatic rings. The number of rotatable bonds is 3. The second-order valence-corrected chi connectivity index (χ2v) is 5.83. The summed E-state index contributed by atoms with van der Waals surface area (Å²) in [5, 5.41) is 16.5. The highest BCUT2D eigenvalue weighted by atomic mass is 16.6. The molecule has 1 fully saturated rings. The lowest BCUT2D eigenvalue weighted by Crippen LogP contribution is -2.40. The molecular weight excluding hydrogens is 270 g/mol. The molecule has 1 saturated carbocycles. The molecule has 0 saturated heterocycles. The van der Waals surface area contributed by atoms with Crippen LogP contribution in [0.5, 0.6) is 0 Å². The molecule has 1 aliphatic carbocycles. The number of nitrogens with one attached hydrogen (secondary N) is 2. The molecule has 2 rings (SSSR count). The number of hydrogen-bond acceptors (Lipinski definition) is 3. The average molecular weight is 291 g/mol. The van der Waals surface area contributed by atoms with Crippen molar-refractivity contribution >= 4 is 17.4 Å². The SMILES string of the molecule is Cc1cc(NC(=O)NC2CCCC(C)C2)ccc1[N+](=O)[O-].